The summed E-state index contributed by atoms with van der Waals surface area (Å²) in [6, 6.07) is 6.89. The largest absolute Gasteiger partial charge is 0.355 e. The number of nitrogens with one attached hydrogen (secondary N) is 2. The smallest absolute Gasteiger partial charge is 0.325 e. The van der Waals surface area contributed by atoms with E-state index in [0.29, 0.717) is 12.1 Å². The van der Waals surface area contributed by atoms with Crippen molar-refractivity contribution in [3.63, 3.8) is 0 Å². The van der Waals surface area contributed by atoms with Crippen molar-refractivity contribution >= 4 is 17.8 Å². The summed E-state index contributed by atoms with van der Waals surface area (Å²) in [6.07, 6.45) is 3.00. The quantitative estimate of drug-likeness (QED) is 0.593. The molecule has 130 valence electrons. The molecule has 0 radical (unpaired) electrons. The molecule has 1 aromatic rings. The summed E-state index contributed by atoms with van der Waals surface area (Å²) in [5, 5.41) is 5.45. The Morgan fingerprint density at radius 1 is 1.21 bits per heavy atom. The maximum absolute atomic E-state index is 12.7. The molecular formula is C18H25N3O3. The first-order chi connectivity index (χ1) is 11.4. The molecule has 0 aliphatic carbocycles. The van der Waals surface area contributed by atoms with E-state index in [-0.39, 0.29) is 12.5 Å². The Morgan fingerprint density at radius 3 is 2.50 bits per heavy atom. The third-order valence-corrected chi connectivity index (χ3v) is 4.31. The van der Waals surface area contributed by atoms with Crippen LogP contribution in [0.4, 0.5) is 4.79 Å². The van der Waals surface area contributed by atoms with Crippen LogP contribution >= 0.6 is 0 Å². The molecular weight excluding hydrogens is 306 g/mol. The Morgan fingerprint density at radius 2 is 1.88 bits per heavy atom. The fourth-order valence-electron chi connectivity index (χ4n) is 2.73. The number of hydrogen-bond acceptors (Lipinski definition) is 3. The first-order valence-electron chi connectivity index (χ1n) is 8.36. The second kappa shape index (κ2) is 7.47. The number of hydrogen-bond donors (Lipinski definition) is 2. The van der Waals surface area contributed by atoms with Crippen molar-refractivity contribution in [3.05, 3.63) is 35.4 Å². The minimum atomic E-state index is -1.13. The predicted octanol–water partition coefficient (Wildman–Crippen LogP) is 2.07. The zero-order chi connectivity index (χ0) is 17.7. The molecule has 1 aromatic carbocycles. The Balaban J connectivity index is 2.03. The van der Waals surface area contributed by atoms with Crippen LogP contribution in [0.1, 0.15) is 44.2 Å². The van der Waals surface area contributed by atoms with E-state index < -0.39 is 17.5 Å². The lowest BCUT2D eigenvalue weighted by molar-refractivity contribution is -0.134. The van der Waals surface area contributed by atoms with Crippen LogP contribution in [-0.4, -0.2) is 35.8 Å². The summed E-state index contributed by atoms with van der Waals surface area (Å²) in [4.78, 5) is 37.8. The standard InChI is InChI=1S/C18H25N3O3/c1-4-5-6-11-19-15(22)12-21-16(23)18(3,20-17(21)24)14-9-7-13(2)8-10-14/h7-10H,4-6,11-12H2,1-3H3,(H,19,22)(H,20,24)/t18-/m0/s1. The summed E-state index contributed by atoms with van der Waals surface area (Å²) >= 11 is 0. The topological polar surface area (TPSA) is 78.5 Å². The molecule has 2 rings (SSSR count). The van der Waals surface area contributed by atoms with Gasteiger partial charge in [0.15, 0.2) is 0 Å². The lowest BCUT2D eigenvalue weighted by Crippen LogP contribution is -2.43. The second-order valence-electron chi connectivity index (χ2n) is 6.37. The fraction of sp³-hybridized carbons (Fsp3) is 0.500. The summed E-state index contributed by atoms with van der Waals surface area (Å²) in [7, 11) is 0. The van der Waals surface area contributed by atoms with Gasteiger partial charge in [-0.2, -0.15) is 0 Å². The van der Waals surface area contributed by atoms with Gasteiger partial charge in [0.05, 0.1) is 0 Å². The molecule has 0 saturated carbocycles. The third kappa shape index (κ3) is 3.75. The van der Waals surface area contributed by atoms with E-state index in [0.717, 1.165) is 29.7 Å². The van der Waals surface area contributed by atoms with Crippen molar-refractivity contribution < 1.29 is 14.4 Å². The molecule has 0 aromatic heterocycles. The molecule has 1 aliphatic rings. The normalized spacial score (nSPS) is 20.2. The summed E-state index contributed by atoms with van der Waals surface area (Å²) in [5.74, 6) is -0.720. The van der Waals surface area contributed by atoms with E-state index in [1.54, 1.807) is 6.92 Å². The van der Waals surface area contributed by atoms with Crippen molar-refractivity contribution in [1.29, 1.82) is 0 Å². The highest BCUT2D eigenvalue weighted by atomic mass is 16.2. The first-order valence-corrected chi connectivity index (χ1v) is 8.36. The van der Waals surface area contributed by atoms with E-state index in [1.165, 1.54) is 0 Å². The van der Waals surface area contributed by atoms with Gasteiger partial charge >= 0.3 is 6.03 Å². The number of amides is 4. The van der Waals surface area contributed by atoms with Gasteiger partial charge in [-0.25, -0.2) is 4.79 Å². The number of nitrogens with zero attached hydrogens (tertiary/aromatic N) is 1. The van der Waals surface area contributed by atoms with Crippen molar-refractivity contribution in [3.8, 4) is 0 Å². The molecule has 1 fully saturated rings. The minimum Gasteiger partial charge on any atom is -0.355 e. The molecule has 24 heavy (non-hydrogen) atoms. The highest BCUT2D eigenvalue weighted by Crippen LogP contribution is 2.28. The highest BCUT2D eigenvalue weighted by molar-refractivity contribution is 6.09. The number of rotatable bonds is 7. The first kappa shape index (κ1) is 18.0. The monoisotopic (exact) mass is 331 g/mol. The van der Waals surface area contributed by atoms with Crippen LogP contribution in [0.15, 0.2) is 24.3 Å². The van der Waals surface area contributed by atoms with Crippen LogP contribution in [-0.2, 0) is 15.1 Å². The van der Waals surface area contributed by atoms with E-state index in [9.17, 15) is 14.4 Å². The lowest BCUT2D eigenvalue weighted by Gasteiger charge is -2.22. The number of carbonyl (C=O) groups is 3. The van der Waals surface area contributed by atoms with Gasteiger partial charge in [-0.3, -0.25) is 14.5 Å². The second-order valence-corrected chi connectivity index (χ2v) is 6.37. The van der Waals surface area contributed by atoms with Crippen LogP contribution < -0.4 is 10.6 Å². The average molecular weight is 331 g/mol. The number of imide groups is 1. The van der Waals surface area contributed by atoms with Gasteiger partial charge in [-0.1, -0.05) is 49.6 Å². The van der Waals surface area contributed by atoms with Gasteiger partial charge in [-0.15, -0.1) is 0 Å². The van der Waals surface area contributed by atoms with E-state index in [4.69, 9.17) is 0 Å². The van der Waals surface area contributed by atoms with Crippen LogP contribution in [0, 0.1) is 6.92 Å². The predicted molar refractivity (Wildman–Crippen MR) is 91.3 cm³/mol. The van der Waals surface area contributed by atoms with Gasteiger partial charge < -0.3 is 10.6 Å². The Kier molecular flexibility index (Phi) is 5.59. The average Bonchev–Trinajstić information content (AvgIpc) is 2.76. The Bertz CT molecular complexity index is 627. The molecule has 1 atom stereocenters. The number of unbranched alkanes of at least 4 members (excludes halogenated alkanes) is 2. The van der Waals surface area contributed by atoms with Crippen molar-refractivity contribution in [2.24, 2.45) is 0 Å². The number of urea groups is 1. The fourth-order valence-corrected chi connectivity index (χ4v) is 2.73. The van der Waals surface area contributed by atoms with E-state index in [2.05, 4.69) is 17.6 Å². The van der Waals surface area contributed by atoms with Crippen LogP contribution in [0.2, 0.25) is 0 Å². The van der Waals surface area contributed by atoms with Crippen molar-refractivity contribution in [2.45, 2.75) is 45.6 Å². The maximum Gasteiger partial charge on any atom is 0.325 e. The number of aryl methyl sites for hydroxylation is 1. The summed E-state index contributed by atoms with van der Waals surface area (Å²) < 4.78 is 0. The lowest BCUT2D eigenvalue weighted by atomic mass is 9.91. The molecule has 0 spiro atoms. The van der Waals surface area contributed by atoms with Crippen molar-refractivity contribution in [1.82, 2.24) is 15.5 Å². The molecule has 0 bridgehead atoms. The maximum atomic E-state index is 12.7. The van der Waals surface area contributed by atoms with Gasteiger partial charge in [0.25, 0.3) is 5.91 Å². The molecule has 2 N–H and O–H groups in total. The highest BCUT2D eigenvalue weighted by Gasteiger charge is 2.49. The van der Waals surface area contributed by atoms with E-state index >= 15 is 0 Å². The molecule has 4 amide bonds. The number of carbonyl (C=O) groups excluding carboxylic acids is 3. The molecule has 0 unspecified atom stereocenters. The van der Waals surface area contributed by atoms with Gasteiger partial charge in [0.2, 0.25) is 5.91 Å². The molecule has 6 heteroatoms. The summed E-state index contributed by atoms with van der Waals surface area (Å²) in [5.41, 5.74) is 0.646. The zero-order valence-electron chi connectivity index (χ0n) is 14.5. The van der Waals surface area contributed by atoms with Crippen LogP contribution in [0.3, 0.4) is 0 Å². The third-order valence-electron chi connectivity index (χ3n) is 4.31. The van der Waals surface area contributed by atoms with Crippen LogP contribution in [0.5, 0.6) is 0 Å². The SMILES string of the molecule is CCCCCNC(=O)CN1C(=O)N[C@@](C)(c2ccc(C)cc2)C1=O. The minimum absolute atomic E-state index is 0.252. The van der Waals surface area contributed by atoms with Gasteiger partial charge in [0, 0.05) is 6.54 Å². The molecule has 1 aliphatic heterocycles. The van der Waals surface area contributed by atoms with Crippen LogP contribution in [0.25, 0.3) is 0 Å². The Hall–Kier alpha value is -2.37. The zero-order valence-corrected chi connectivity index (χ0v) is 14.5. The molecule has 6 nitrogen and oxygen atoms in total. The molecule has 1 saturated heterocycles. The Labute approximate surface area is 142 Å². The van der Waals surface area contributed by atoms with Crippen molar-refractivity contribution in [2.75, 3.05) is 13.1 Å². The number of benzene rings is 1. The van der Waals surface area contributed by atoms with E-state index in [1.807, 2.05) is 31.2 Å². The van der Waals surface area contributed by atoms with Gasteiger partial charge in [-0.05, 0) is 25.8 Å². The summed E-state index contributed by atoms with van der Waals surface area (Å²) in [6.45, 7) is 6.01. The van der Waals surface area contributed by atoms with Gasteiger partial charge in [0.1, 0.15) is 12.1 Å². The molecule has 1 heterocycles.